The molecule has 1 unspecified atom stereocenters. The van der Waals surface area contributed by atoms with Gasteiger partial charge in [0.2, 0.25) is 0 Å². The van der Waals surface area contributed by atoms with Crippen LogP contribution in [0.3, 0.4) is 0 Å². The first kappa shape index (κ1) is 13.9. The first-order valence-corrected chi connectivity index (χ1v) is 7.57. The number of rotatable bonds is 4. The highest BCUT2D eigenvalue weighted by Gasteiger charge is 2.34. The van der Waals surface area contributed by atoms with Crippen LogP contribution in [0.5, 0.6) is 0 Å². The molecule has 0 bridgehead atoms. The summed E-state index contributed by atoms with van der Waals surface area (Å²) in [6.45, 7) is 3.99. The third kappa shape index (κ3) is 2.47. The zero-order valence-corrected chi connectivity index (χ0v) is 12.4. The van der Waals surface area contributed by atoms with Crippen molar-refractivity contribution in [3.8, 4) is 6.07 Å². The summed E-state index contributed by atoms with van der Waals surface area (Å²) in [5, 5.41) is 10.2. The first-order valence-electron chi connectivity index (χ1n) is 7.57. The van der Waals surface area contributed by atoms with Crippen molar-refractivity contribution in [2.24, 2.45) is 5.73 Å². The van der Waals surface area contributed by atoms with E-state index in [9.17, 15) is 5.26 Å². The van der Waals surface area contributed by atoms with Gasteiger partial charge < -0.3 is 15.6 Å². The van der Waals surface area contributed by atoms with Crippen molar-refractivity contribution < 1.29 is 0 Å². The molecule has 3 rings (SSSR count). The largest absolute Gasteiger partial charge is 0.369 e. The molecule has 1 saturated heterocycles. The summed E-state index contributed by atoms with van der Waals surface area (Å²) in [7, 11) is 0. The van der Waals surface area contributed by atoms with E-state index in [0.717, 1.165) is 42.7 Å². The minimum absolute atomic E-state index is 0.102. The molecule has 2 aromatic heterocycles. The summed E-state index contributed by atoms with van der Waals surface area (Å²) in [6.07, 6.45) is 7.93. The summed E-state index contributed by atoms with van der Waals surface area (Å²) in [4.78, 5) is 9.67. The Bertz CT molecular complexity index is 684. The number of H-pyrrole nitrogens is 1. The van der Waals surface area contributed by atoms with Gasteiger partial charge in [0.15, 0.2) is 0 Å². The van der Waals surface area contributed by atoms with E-state index in [1.807, 2.05) is 6.07 Å². The van der Waals surface area contributed by atoms with Crippen molar-refractivity contribution in [1.82, 2.24) is 9.97 Å². The zero-order valence-electron chi connectivity index (χ0n) is 12.4. The van der Waals surface area contributed by atoms with Crippen LogP contribution in [0.1, 0.15) is 38.2 Å². The minimum atomic E-state index is -0.102. The Morgan fingerprint density at radius 1 is 1.57 bits per heavy atom. The molecule has 0 saturated carbocycles. The molecule has 3 N–H and O–H groups in total. The third-order valence-electron chi connectivity index (χ3n) is 4.43. The second-order valence-corrected chi connectivity index (χ2v) is 6.01. The van der Waals surface area contributed by atoms with Gasteiger partial charge in [-0.2, -0.15) is 5.26 Å². The van der Waals surface area contributed by atoms with Gasteiger partial charge in [0.05, 0.1) is 16.6 Å². The van der Waals surface area contributed by atoms with Crippen LogP contribution in [0.15, 0.2) is 18.5 Å². The lowest BCUT2D eigenvalue weighted by molar-refractivity contribution is 0.419. The van der Waals surface area contributed by atoms with Crippen LogP contribution in [-0.2, 0) is 0 Å². The highest BCUT2D eigenvalue weighted by molar-refractivity contribution is 5.95. The Kier molecular flexibility index (Phi) is 3.56. The smallest absolute Gasteiger partial charge is 0.140 e. The molecule has 2 aromatic rings. The van der Waals surface area contributed by atoms with Crippen molar-refractivity contribution >= 4 is 16.7 Å². The minimum Gasteiger partial charge on any atom is -0.369 e. The molecule has 5 heteroatoms. The number of hydrogen-bond acceptors (Lipinski definition) is 4. The van der Waals surface area contributed by atoms with E-state index in [1.54, 1.807) is 12.4 Å². The standard InChI is InChI=1S/C16H21N5/c1-2-3-5-16(18)6-8-21(11-16)13-4-7-19-15-14(13)12(9-17)10-20-15/h4,7,10H,2-3,5-6,8,11,18H2,1H3,(H,19,20). The highest BCUT2D eigenvalue weighted by Crippen LogP contribution is 2.34. The van der Waals surface area contributed by atoms with Crippen LogP contribution in [-0.4, -0.2) is 28.6 Å². The van der Waals surface area contributed by atoms with E-state index >= 15 is 0 Å². The maximum Gasteiger partial charge on any atom is 0.140 e. The summed E-state index contributed by atoms with van der Waals surface area (Å²) in [6, 6.07) is 4.23. The molecule has 5 nitrogen and oxygen atoms in total. The van der Waals surface area contributed by atoms with Crippen LogP contribution < -0.4 is 10.6 Å². The van der Waals surface area contributed by atoms with Crippen molar-refractivity contribution in [1.29, 1.82) is 5.26 Å². The molecule has 21 heavy (non-hydrogen) atoms. The Morgan fingerprint density at radius 2 is 2.43 bits per heavy atom. The number of nitrogens with two attached hydrogens (primary N) is 1. The second kappa shape index (κ2) is 5.38. The van der Waals surface area contributed by atoms with Crippen LogP contribution in [0.4, 0.5) is 5.69 Å². The molecule has 0 amide bonds. The molecule has 1 aliphatic rings. The monoisotopic (exact) mass is 283 g/mol. The van der Waals surface area contributed by atoms with Crippen LogP contribution >= 0.6 is 0 Å². The molecular formula is C16H21N5. The lowest BCUT2D eigenvalue weighted by Crippen LogP contribution is -2.42. The number of nitrogens with zero attached hydrogens (tertiary/aromatic N) is 3. The number of aromatic nitrogens is 2. The predicted molar refractivity (Wildman–Crippen MR) is 84.1 cm³/mol. The van der Waals surface area contributed by atoms with Gasteiger partial charge in [0.25, 0.3) is 0 Å². The molecule has 0 aliphatic carbocycles. The fourth-order valence-corrected chi connectivity index (χ4v) is 3.23. The molecule has 1 fully saturated rings. The zero-order chi connectivity index (χ0) is 14.9. The lowest BCUT2D eigenvalue weighted by Gasteiger charge is -2.25. The quantitative estimate of drug-likeness (QED) is 0.903. The summed E-state index contributed by atoms with van der Waals surface area (Å²) in [5.74, 6) is 0. The van der Waals surface area contributed by atoms with Gasteiger partial charge in [-0.05, 0) is 18.9 Å². The predicted octanol–water partition coefficient (Wildman–Crippen LogP) is 2.53. The molecule has 110 valence electrons. The summed E-state index contributed by atoms with van der Waals surface area (Å²) in [5.41, 5.74) is 8.92. The van der Waals surface area contributed by atoms with Crippen molar-refractivity contribution in [3.05, 3.63) is 24.0 Å². The SMILES string of the molecule is CCCCC1(N)CCN(c2ccnc3[nH]cc(C#N)c23)C1. The van der Waals surface area contributed by atoms with Gasteiger partial charge in [0, 0.05) is 31.0 Å². The Hall–Kier alpha value is -2.06. The molecule has 1 aliphatic heterocycles. The molecule has 0 aromatic carbocycles. The van der Waals surface area contributed by atoms with Gasteiger partial charge >= 0.3 is 0 Å². The van der Waals surface area contributed by atoms with Gasteiger partial charge in [0.1, 0.15) is 11.7 Å². The summed E-state index contributed by atoms with van der Waals surface area (Å²) >= 11 is 0. The maximum absolute atomic E-state index is 9.27. The van der Waals surface area contributed by atoms with Gasteiger partial charge in [-0.25, -0.2) is 4.98 Å². The van der Waals surface area contributed by atoms with Crippen LogP contribution in [0.25, 0.3) is 11.0 Å². The van der Waals surface area contributed by atoms with Crippen molar-refractivity contribution in [2.75, 3.05) is 18.0 Å². The van der Waals surface area contributed by atoms with Gasteiger partial charge in [-0.3, -0.25) is 0 Å². The van der Waals surface area contributed by atoms with Crippen molar-refractivity contribution in [2.45, 2.75) is 38.1 Å². The lowest BCUT2D eigenvalue weighted by atomic mass is 9.93. The van der Waals surface area contributed by atoms with Crippen molar-refractivity contribution in [3.63, 3.8) is 0 Å². The average Bonchev–Trinajstić information content (AvgIpc) is 3.09. The van der Waals surface area contributed by atoms with Crippen LogP contribution in [0, 0.1) is 11.3 Å². The van der Waals surface area contributed by atoms with E-state index in [0.29, 0.717) is 5.56 Å². The van der Waals surface area contributed by atoms with E-state index in [-0.39, 0.29) is 5.54 Å². The van der Waals surface area contributed by atoms with Crippen LogP contribution in [0.2, 0.25) is 0 Å². The van der Waals surface area contributed by atoms with E-state index < -0.39 is 0 Å². The topological polar surface area (TPSA) is 81.7 Å². The number of hydrogen-bond donors (Lipinski definition) is 2. The average molecular weight is 283 g/mol. The van der Waals surface area contributed by atoms with E-state index in [1.165, 1.54) is 12.8 Å². The fourth-order valence-electron chi connectivity index (χ4n) is 3.23. The fraction of sp³-hybridized carbons (Fsp3) is 0.500. The number of aromatic amines is 1. The van der Waals surface area contributed by atoms with E-state index in [2.05, 4.69) is 27.9 Å². The van der Waals surface area contributed by atoms with Gasteiger partial charge in [-0.1, -0.05) is 19.8 Å². The second-order valence-electron chi connectivity index (χ2n) is 6.01. The van der Waals surface area contributed by atoms with Gasteiger partial charge in [-0.15, -0.1) is 0 Å². The Balaban J connectivity index is 1.92. The number of nitrogens with one attached hydrogen (secondary N) is 1. The number of fused-ring (bicyclic) bond motifs is 1. The molecular weight excluding hydrogens is 262 g/mol. The molecule has 1 atom stereocenters. The molecule has 0 spiro atoms. The number of unbranched alkanes of at least 4 members (excludes halogenated alkanes) is 1. The first-order chi connectivity index (χ1) is 10.2. The number of nitriles is 1. The molecule has 0 radical (unpaired) electrons. The highest BCUT2D eigenvalue weighted by atomic mass is 15.2. The Morgan fingerprint density at radius 3 is 3.19 bits per heavy atom. The third-order valence-corrected chi connectivity index (χ3v) is 4.43. The summed E-state index contributed by atoms with van der Waals surface area (Å²) < 4.78 is 0. The number of pyridine rings is 1. The Labute approximate surface area is 124 Å². The normalized spacial score (nSPS) is 21.9. The maximum atomic E-state index is 9.27. The van der Waals surface area contributed by atoms with E-state index in [4.69, 9.17) is 5.73 Å². The molecule has 3 heterocycles. The number of anilines is 1.